The summed E-state index contributed by atoms with van der Waals surface area (Å²) in [6, 6.07) is 8.50. The van der Waals surface area contributed by atoms with Crippen LogP contribution in [0.15, 0.2) is 24.3 Å². The maximum atomic E-state index is 12.8. The number of carbonyl (C=O) groups excluding carboxylic acids is 1. The van der Waals surface area contributed by atoms with Crippen molar-refractivity contribution in [1.82, 2.24) is 4.90 Å². The van der Waals surface area contributed by atoms with Gasteiger partial charge in [-0.15, -0.1) is 0 Å². The van der Waals surface area contributed by atoms with E-state index < -0.39 is 0 Å². The van der Waals surface area contributed by atoms with Crippen LogP contribution in [0.2, 0.25) is 0 Å². The second kappa shape index (κ2) is 6.16. The predicted molar refractivity (Wildman–Crippen MR) is 80.0 cm³/mol. The van der Waals surface area contributed by atoms with Crippen LogP contribution >= 0.6 is 0 Å². The number of aryl methyl sites for hydroxylation is 1. The first kappa shape index (κ1) is 14.5. The van der Waals surface area contributed by atoms with Crippen molar-refractivity contribution in [1.29, 1.82) is 0 Å². The molecule has 0 bridgehead atoms. The number of nitrogens with zero attached hydrogens (tertiary/aromatic N) is 1. The molecule has 1 N–H and O–H groups in total. The van der Waals surface area contributed by atoms with E-state index in [1.54, 1.807) is 0 Å². The summed E-state index contributed by atoms with van der Waals surface area (Å²) in [5, 5.41) is 9.25. The van der Waals surface area contributed by atoms with Crippen LogP contribution < -0.4 is 0 Å². The highest BCUT2D eigenvalue weighted by molar-refractivity contribution is 5.80. The first-order valence-corrected chi connectivity index (χ1v) is 7.78. The zero-order valence-electron chi connectivity index (χ0n) is 12.5. The van der Waals surface area contributed by atoms with Crippen LogP contribution in [0, 0.1) is 5.92 Å². The highest BCUT2D eigenvalue weighted by Crippen LogP contribution is 2.28. The molecule has 0 saturated carbocycles. The van der Waals surface area contributed by atoms with Gasteiger partial charge >= 0.3 is 0 Å². The third-order valence-electron chi connectivity index (χ3n) is 4.69. The zero-order chi connectivity index (χ0) is 14.8. The molecule has 3 atom stereocenters. The summed E-state index contributed by atoms with van der Waals surface area (Å²) in [4.78, 5) is 14.7. The maximum Gasteiger partial charge on any atom is 0.226 e. The minimum Gasteiger partial charge on any atom is -0.394 e. The second-order valence-corrected chi connectivity index (χ2v) is 6.19. The van der Waals surface area contributed by atoms with Crippen LogP contribution in [0.5, 0.6) is 0 Å². The molecule has 1 saturated heterocycles. The Morgan fingerprint density at radius 2 is 2.14 bits per heavy atom. The Balaban J connectivity index is 1.71. The Hall–Kier alpha value is -1.39. The van der Waals surface area contributed by atoms with Gasteiger partial charge in [0.25, 0.3) is 0 Å². The summed E-state index contributed by atoms with van der Waals surface area (Å²) in [5.41, 5.74) is 2.69. The molecule has 1 aliphatic heterocycles. The summed E-state index contributed by atoms with van der Waals surface area (Å²) < 4.78 is 5.52. The lowest BCUT2D eigenvalue weighted by atomic mass is 9.83. The number of hydrogen-bond acceptors (Lipinski definition) is 3. The van der Waals surface area contributed by atoms with Crippen molar-refractivity contribution in [2.45, 2.75) is 38.3 Å². The lowest BCUT2D eigenvalue weighted by Gasteiger charge is -2.40. The van der Waals surface area contributed by atoms with E-state index in [9.17, 15) is 9.90 Å². The molecule has 1 fully saturated rings. The molecular weight excluding hydrogens is 266 g/mol. The van der Waals surface area contributed by atoms with E-state index >= 15 is 0 Å². The molecule has 4 nitrogen and oxygen atoms in total. The molecule has 1 aromatic carbocycles. The van der Waals surface area contributed by atoms with Crippen LogP contribution in [0.1, 0.15) is 24.5 Å². The standard InChI is InChI=1S/C17H23NO3/c1-12-11-21-16(10-19)9-18(12)17(20)15-7-6-13-4-2-3-5-14(13)8-15/h2-5,12,15-16,19H,6-11H2,1H3. The molecule has 21 heavy (non-hydrogen) atoms. The number of rotatable bonds is 2. The van der Waals surface area contributed by atoms with E-state index in [2.05, 4.69) is 18.2 Å². The van der Waals surface area contributed by atoms with Crippen LogP contribution in [0.25, 0.3) is 0 Å². The van der Waals surface area contributed by atoms with Crippen LogP contribution in [0.4, 0.5) is 0 Å². The fraction of sp³-hybridized carbons (Fsp3) is 0.588. The van der Waals surface area contributed by atoms with Crippen molar-refractivity contribution in [3.8, 4) is 0 Å². The summed E-state index contributed by atoms with van der Waals surface area (Å²) in [7, 11) is 0. The normalized spacial score (nSPS) is 29.0. The van der Waals surface area contributed by atoms with Crippen LogP contribution in [0.3, 0.4) is 0 Å². The second-order valence-electron chi connectivity index (χ2n) is 6.19. The highest BCUT2D eigenvalue weighted by Gasteiger charge is 2.34. The number of fused-ring (bicyclic) bond motifs is 1. The molecule has 3 unspecified atom stereocenters. The predicted octanol–water partition coefficient (Wildman–Crippen LogP) is 1.40. The fourth-order valence-electron chi connectivity index (χ4n) is 3.38. The van der Waals surface area contributed by atoms with Gasteiger partial charge in [0.1, 0.15) is 0 Å². The molecule has 2 aliphatic rings. The number of aliphatic hydroxyl groups is 1. The van der Waals surface area contributed by atoms with Gasteiger partial charge in [-0.2, -0.15) is 0 Å². The molecule has 3 rings (SSSR count). The number of hydrogen-bond donors (Lipinski definition) is 1. The van der Waals surface area contributed by atoms with Crippen LogP contribution in [-0.4, -0.2) is 47.8 Å². The first-order chi connectivity index (χ1) is 10.2. The van der Waals surface area contributed by atoms with Gasteiger partial charge in [0, 0.05) is 12.5 Å². The van der Waals surface area contributed by atoms with Gasteiger partial charge < -0.3 is 14.7 Å². The number of amides is 1. The molecule has 0 aromatic heterocycles. The van der Waals surface area contributed by atoms with Gasteiger partial charge in [0.05, 0.1) is 25.4 Å². The van der Waals surface area contributed by atoms with E-state index in [0.29, 0.717) is 13.2 Å². The SMILES string of the molecule is CC1COC(CO)CN1C(=O)C1CCc2ccccc2C1. The van der Waals surface area contributed by atoms with E-state index in [1.807, 2.05) is 17.9 Å². The first-order valence-electron chi connectivity index (χ1n) is 7.78. The minimum atomic E-state index is -0.235. The lowest BCUT2D eigenvalue weighted by Crippen LogP contribution is -2.54. The van der Waals surface area contributed by atoms with Crippen LogP contribution in [-0.2, 0) is 22.4 Å². The molecule has 1 aromatic rings. The summed E-state index contributed by atoms with van der Waals surface area (Å²) in [6.45, 7) is 3.02. The quantitative estimate of drug-likeness (QED) is 0.895. The monoisotopic (exact) mass is 289 g/mol. The van der Waals surface area contributed by atoms with Crippen molar-refractivity contribution in [2.75, 3.05) is 19.8 Å². The Labute approximate surface area is 125 Å². The van der Waals surface area contributed by atoms with Crippen molar-refractivity contribution in [3.63, 3.8) is 0 Å². The molecule has 1 heterocycles. The summed E-state index contributed by atoms with van der Waals surface area (Å²) >= 11 is 0. The van der Waals surface area contributed by atoms with Crippen molar-refractivity contribution in [3.05, 3.63) is 35.4 Å². The molecule has 0 spiro atoms. The lowest BCUT2D eigenvalue weighted by molar-refractivity contribution is -0.150. The molecule has 114 valence electrons. The van der Waals surface area contributed by atoms with E-state index in [0.717, 1.165) is 19.3 Å². The summed E-state index contributed by atoms with van der Waals surface area (Å²) in [6.07, 6.45) is 2.50. The van der Waals surface area contributed by atoms with E-state index in [1.165, 1.54) is 11.1 Å². The zero-order valence-corrected chi connectivity index (χ0v) is 12.5. The Bertz CT molecular complexity index is 517. The number of carbonyl (C=O) groups is 1. The third-order valence-corrected chi connectivity index (χ3v) is 4.69. The Kier molecular flexibility index (Phi) is 4.27. The van der Waals surface area contributed by atoms with Crippen molar-refractivity contribution < 1.29 is 14.6 Å². The van der Waals surface area contributed by atoms with Gasteiger partial charge in [-0.1, -0.05) is 24.3 Å². The van der Waals surface area contributed by atoms with Crippen molar-refractivity contribution >= 4 is 5.91 Å². The van der Waals surface area contributed by atoms with Gasteiger partial charge in [0.15, 0.2) is 0 Å². The molecule has 4 heteroatoms. The van der Waals surface area contributed by atoms with E-state index in [-0.39, 0.29) is 30.6 Å². The van der Waals surface area contributed by atoms with E-state index in [4.69, 9.17) is 4.74 Å². The molecule has 0 radical (unpaired) electrons. The van der Waals surface area contributed by atoms with Gasteiger partial charge in [-0.25, -0.2) is 0 Å². The number of benzene rings is 1. The fourth-order valence-corrected chi connectivity index (χ4v) is 3.38. The summed E-state index contributed by atoms with van der Waals surface area (Å²) in [5.74, 6) is 0.290. The van der Waals surface area contributed by atoms with Crippen molar-refractivity contribution in [2.24, 2.45) is 5.92 Å². The third kappa shape index (κ3) is 2.97. The average molecular weight is 289 g/mol. The van der Waals surface area contributed by atoms with Gasteiger partial charge in [-0.3, -0.25) is 4.79 Å². The highest BCUT2D eigenvalue weighted by atomic mass is 16.5. The Morgan fingerprint density at radius 3 is 2.90 bits per heavy atom. The Morgan fingerprint density at radius 1 is 1.38 bits per heavy atom. The maximum absolute atomic E-state index is 12.8. The molecular formula is C17H23NO3. The van der Waals surface area contributed by atoms with Gasteiger partial charge in [0.2, 0.25) is 5.91 Å². The number of morpholine rings is 1. The smallest absolute Gasteiger partial charge is 0.226 e. The minimum absolute atomic E-state index is 0.0238. The number of ether oxygens (including phenoxy) is 1. The molecule has 1 amide bonds. The average Bonchev–Trinajstić information content (AvgIpc) is 2.54. The largest absolute Gasteiger partial charge is 0.394 e. The number of aliphatic hydroxyl groups excluding tert-OH is 1. The van der Waals surface area contributed by atoms with Gasteiger partial charge in [-0.05, 0) is 37.3 Å². The molecule has 1 aliphatic carbocycles. The topological polar surface area (TPSA) is 49.8 Å².